The Balaban J connectivity index is 1.98. The number of ether oxygens (including phenoxy) is 1. The van der Waals surface area contributed by atoms with Crippen molar-refractivity contribution in [3.8, 4) is 5.75 Å². The predicted molar refractivity (Wildman–Crippen MR) is 109 cm³/mol. The van der Waals surface area contributed by atoms with Crippen molar-refractivity contribution in [2.75, 3.05) is 26.7 Å². The maximum atomic E-state index is 12.5. The number of amides is 1. The Morgan fingerprint density at radius 3 is 2.59 bits per heavy atom. The van der Waals surface area contributed by atoms with Gasteiger partial charge in [0.15, 0.2) is 0 Å². The molecule has 0 bridgehead atoms. The number of likely N-dealkylation sites (tertiary alicyclic amines) is 1. The van der Waals surface area contributed by atoms with Gasteiger partial charge in [-0.2, -0.15) is 0 Å². The molecule has 0 saturated carbocycles. The van der Waals surface area contributed by atoms with Gasteiger partial charge in [0.2, 0.25) is 5.91 Å². The maximum absolute atomic E-state index is 12.5. The fraction of sp³-hybridized carbons (Fsp3) is 0.682. The molecule has 2 rings (SSSR count). The number of nitrogens with one attached hydrogen (secondary N) is 1. The molecule has 5 nitrogen and oxygen atoms in total. The highest BCUT2D eigenvalue weighted by molar-refractivity contribution is 5.76. The lowest BCUT2D eigenvalue weighted by Gasteiger charge is -2.29. The Kier molecular flexibility index (Phi) is 9.64. The molecule has 2 N–H and O–H groups in total. The zero-order chi connectivity index (χ0) is 19.5. The van der Waals surface area contributed by atoms with E-state index in [0.29, 0.717) is 18.7 Å². The lowest BCUT2D eigenvalue weighted by molar-refractivity contribution is -0.123. The van der Waals surface area contributed by atoms with Crippen molar-refractivity contribution < 1.29 is 14.6 Å². The minimum Gasteiger partial charge on any atom is -0.496 e. The van der Waals surface area contributed by atoms with Crippen LogP contribution in [-0.2, 0) is 4.79 Å². The van der Waals surface area contributed by atoms with Crippen LogP contribution in [0, 0.1) is 0 Å². The van der Waals surface area contributed by atoms with Crippen LogP contribution in [0.3, 0.4) is 0 Å². The molecule has 0 aliphatic carbocycles. The Hall–Kier alpha value is -1.59. The number of aliphatic hydroxyl groups is 1. The second-order valence-electron chi connectivity index (χ2n) is 7.53. The summed E-state index contributed by atoms with van der Waals surface area (Å²) in [4.78, 5) is 14.8. The van der Waals surface area contributed by atoms with Gasteiger partial charge < -0.3 is 20.1 Å². The van der Waals surface area contributed by atoms with Crippen LogP contribution in [0.15, 0.2) is 24.3 Å². The molecule has 0 spiro atoms. The molecule has 1 fully saturated rings. The Morgan fingerprint density at radius 1 is 1.19 bits per heavy atom. The number of unbranched alkanes of at least 4 members (excludes halogenated alkanes) is 4. The topological polar surface area (TPSA) is 61.8 Å². The summed E-state index contributed by atoms with van der Waals surface area (Å²) in [7, 11) is 1.61. The molecular weight excluding hydrogens is 340 g/mol. The molecule has 0 unspecified atom stereocenters. The number of rotatable bonds is 12. The second-order valence-corrected chi connectivity index (χ2v) is 7.53. The van der Waals surface area contributed by atoms with E-state index in [1.54, 1.807) is 7.11 Å². The molecule has 1 aromatic rings. The first-order chi connectivity index (χ1) is 13.2. The van der Waals surface area contributed by atoms with E-state index in [-0.39, 0.29) is 11.9 Å². The van der Waals surface area contributed by atoms with E-state index in [9.17, 15) is 9.90 Å². The highest BCUT2D eigenvalue weighted by Gasteiger charge is 2.28. The van der Waals surface area contributed by atoms with E-state index < -0.39 is 6.10 Å². The number of carbonyl (C=O) groups is 1. The van der Waals surface area contributed by atoms with Crippen molar-refractivity contribution in [1.29, 1.82) is 0 Å². The predicted octanol–water partition coefficient (Wildman–Crippen LogP) is 3.67. The quantitative estimate of drug-likeness (QED) is 0.547. The molecule has 1 heterocycles. The van der Waals surface area contributed by atoms with Gasteiger partial charge in [-0.25, -0.2) is 0 Å². The average Bonchev–Trinajstić information content (AvgIpc) is 3.20. The molecular formula is C22H36N2O3. The van der Waals surface area contributed by atoms with Gasteiger partial charge in [-0.05, 0) is 38.4 Å². The van der Waals surface area contributed by atoms with Crippen LogP contribution in [0.2, 0.25) is 0 Å². The van der Waals surface area contributed by atoms with Gasteiger partial charge in [-0.3, -0.25) is 4.79 Å². The highest BCUT2D eigenvalue weighted by atomic mass is 16.5. The molecule has 1 aliphatic rings. The molecule has 1 aromatic carbocycles. The zero-order valence-corrected chi connectivity index (χ0v) is 17.0. The van der Waals surface area contributed by atoms with Crippen LogP contribution >= 0.6 is 0 Å². The van der Waals surface area contributed by atoms with Crippen molar-refractivity contribution in [3.63, 3.8) is 0 Å². The van der Waals surface area contributed by atoms with E-state index in [4.69, 9.17) is 4.74 Å². The van der Waals surface area contributed by atoms with E-state index in [1.807, 2.05) is 24.3 Å². The summed E-state index contributed by atoms with van der Waals surface area (Å²) < 4.78 is 5.41. The third-order valence-electron chi connectivity index (χ3n) is 5.35. The molecule has 1 amide bonds. The second kappa shape index (κ2) is 12.0. The third kappa shape index (κ3) is 7.15. The van der Waals surface area contributed by atoms with Crippen LogP contribution in [0.1, 0.15) is 70.0 Å². The maximum Gasteiger partial charge on any atom is 0.220 e. The van der Waals surface area contributed by atoms with E-state index in [0.717, 1.165) is 31.5 Å². The molecule has 1 aliphatic heterocycles. The first-order valence-corrected chi connectivity index (χ1v) is 10.5. The van der Waals surface area contributed by atoms with E-state index in [1.165, 1.54) is 32.1 Å². The van der Waals surface area contributed by atoms with Crippen molar-refractivity contribution >= 4 is 5.91 Å². The number of carbonyl (C=O) groups excluding carboxylic acids is 1. The van der Waals surface area contributed by atoms with E-state index >= 15 is 0 Å². The lowest BCUT2D eigenvalue weighted by Crippen LogP contribution is -2.46. The molecule has 1 saturated heterocycles. The van der Waals surface area contributed by atoms with Crippen molar-refractivity contribution in [1.82, 2.24) is 10.2 Å². The summed E-state index contributed by atoms with van der Waals surface area (Å²) in [5.41, 5.74) is 0.729. The van der Waals surface area contributed by atoms with Gasteiger partial charge in [0.05, 0.1) is 13.2 Å². The molecule has 5 heteroatoms. The lowest BCUT2D eigenvalue weighted by atomic mass is 10.00. The number of methoxy groups -OCH3 is 1. The Bertz CT molecular complexity index is 558. The fourth-order valence-corrected chi connectivity index (χ4v) is 3.76. The Labute approximate surface area is 164 Å². The standard InChI is InChI=1S/C22H36N2O3/c1-3-4-5-6-7-14-21(25)23-19(17-24-15-10-11-16-24)22(26)18-12-8-9-13-20(18)27-2/h8-9,12-13,19,22,26H,3-7,10-11,14-17H2,1-2H3,(H,23,25)/t19-,22-/m1/s1. The van der Waals surface area contributed by atoms with Crippen molar-refractivity contribution in [2.45, 2.75) is 70.4 Å². The largest absolute Gasteiger partial charge is 0.496 e. The van der Waals surface area contributed by atoms with Crippen molar-refractivity contribution in [2.24, 2.45) is 0 Å². The third-order valence-corrected chi connectivity index (χ3v) is 5.35. The van der Waals surface area contributed by atoms with Crippen LogP contribution < -0.4 is 10.1 Å². The normalized spacial score (nSPS) is 16.9. The molecule has 2 atom stereocenters. The monoisotopic (exact) mass is 376 g/mol. The number of aliphatic hydroxyl groups excluding tert-OH is 1. The number of nitrogens with zero attached hydrogens (tertiary/aromatic N) is 1. The SMILES string of the molecule is CCCCCCCC(=O)N[C@H](CN1CCCC1)[C@H](O)c1ccccc1OC. The van der Waals surface area contributed by atoms with Gasteiger partial charge in [0, 0.05) is 18.5 Å². The molecule has 0 aromatic heterocycles. The van der Waals surface area contributed by atoms with Crippen molar-refractivity contribution in [3.05, 3.63) is 29.8 Å². The first kappa shape index (κ1) is 21.7. The van der Waals surface area contributed by atoms with Gasteiger partial charge >= 0.3 is 0 Å². The summed E-state index contributed by atoms with van der Waals surface area (Å²) >= 11 is 0. The van der Waals surface area contributed by atoms with Gasteiger partial charge in [0.25, 0.3) is 0 Å². The van der Waals surface area contributed by atoms with Gasteiger partial charge in [-0.15, -0.1) is 0 Å². The van der Waals surface area contributed by atoms with Crippen LogP contribution in [0.5, 0.6) is 5.75 Å². The van der Waals surface area contributed by atoms with Crippen LogP contribution in [0.4, 0.5) is 0 Å². The smallest absolute Gasteiger partial charge is 0.220 e. The number of hydrogen-bond donors (Lipinski definition) is 2. The molecule has 152 valence electrons. The number of hydrogen-bond acceptors (Lipinski definition) is 4. The highest BCUT2D eigenvalue weighted by Crippen LogP contribution is 2.28. The van der Waals surface area contributed by atoms with Crippen LogP contribution in [0.25, 0.3) is 0 Å². The molecule has 0 radical (unpaired) electrons. The average molecular weight is 377 g/mol. The van der Waals surface area contributed by atoms with Gasteiger partial charge in [-0.1, -0.05) is 50.8 Å². The summed E-state index contributed by atoms with van der Waals surface area (Å²) in [6.45, 7) is 4.92. The summed E-state index contributed by atoms with van der Waals surface area (Å²) in [6, 6.07) is 7.17. The summed E-state index contributed by atoms with van der Waals surface area (Å²) in [6.07, 6.45) is 7.72. The minimum absolute atomic E-state index is 0.0321. The number of para-hydroxylation sites is 1. The number of benzene rings is 1. The fourth-order valence-electron chi connectivity index (χ4n) is 3.76. The minimum atomic E-state index is -0.786. The Morgan fingerprint density at radius 2 is 1.89 bits per heavy atom. The zero-order valence-electron chi connectivity index (χ0n) is 17.0. The van der Waals surface area contributed by atoms with Crippen LogP contribution in [-0.4, -0.2) is 48.7 Å². The molecule has 27 heavy (non-hydrogen) atoms. The summed E-state index contributed by atoms with van der Waals surface area (Å²) in [5, 5.41) is 14.1. The van der Waals surface area contributed by atoms with Gasteiger partial charge in [0.1, 0.15) is 11.9 Å². The van der Waals surface area contributed by atoms with E-state index in [2.05, 4.69) is 17.1 Å². The summed E-state index contributed by atoms with van der Waals surface area (Å²) in [5.74, 6) is 0.690. The first-order valence-electron chi connectivity index (χ1n) is 10.5.